The maximum absolute atomic E-state index is 14.6. The highest BCUT2D eigenvalue weighted by Gasteiger charge is 2.45. The first kappa shape index (κ1) is 20.0. The fourth-order valence-electron chi connectivity index (χ4n) is 4.20. The molecule has 164 valence electrons. The molecule has 3 heterocycles. The van der Waals surface area contributed by atoms with Crippen LogP contribution in [0.5, 0.6) is 5.75 Å². The number of halogens is 3. The fourth-order valence-corrected chi connectivity index (χ4v) is 4.20. The van der Waals surface area contributed by atoms with Crippen molar-refractivity contribution in [3.8, 4) is 17.0 Å². The second-order valence-corrected chi connectivity index (χ2v) is 8.18. The highest BCUT2D eigenvalue weighted by molar-refractivity contribution is 5.98. The molecule has 3 aliphatic rings. The Labute approximate surface area is 176 Å². The van der Waals surface area contributed by atoms with Crippen LogP contribution in [-0.2, 0) is 12.3 Å². The van der Waals surface area contributed by atoms with Crippen LogP contribution in [0.2, 0.25) is 0 Å². The normalized spacial score (nSPS) is 26.3. The fraction of sp³-hybridized carbons (Fsp3) is 0.476. The average molecular weight is 434 g/mol. The van der Waals surface area contributed by atoms with Crippen molar-refractivity contribution in [3.05, 3.63) is 35.0 Å². The lowest BCUT2D eigenvalue weighted by Gasteiger charge is -2.43. The summed E-state index contributed by atoms with van der Waals surface area (Å²) in [6, 6.07) is 4.40. The van der Waals surface area contributed by atoms with Crippen molar-refractivity contribution in [1.82, 2.24) is 15.3 Å². The lowest BCUT2D eigenvalue weighted by molar-refractivity contribution is -0.00603. The van der Waals surface area contributed by atoms with Crippen molar-refractivity contribution in [1.29, 1.82) is 0 Å². The molecule has 3 atom stereocenters. The van der Waals surface area contributed by atoms with Crippen molar-refractivity contribution < 1.29 is 27.8 Å². The van der Waals surface area contributed by atoms with Crippen molar-refractivity contribution in [2.45, 2.75) is 43.9 Å². The number of fused-ring (bicyclic) bond motifs is 2. The van der Waals surface area contributed by atoms with Crippen molar-refractivity contribution >= 4 is 11.9 Å². The Morgan fingerprint density at radius 1 is 1.35 bits per heavy atom. The van der Waals surface area contributed by atoms with E-state index < -0.39 is 24.8 Å². The number of rotatable bonds is 3. The largest absolute Gasteiger partial charge is 0.485 e. The first-order chi connectivity index (χ1) is 14.8. The van der Waals surface area contributed by atoms with E-state index >= 15 is 0 Å². The molecule has 2 aromatic rings. The van der Waals surface area contributed by atoms with E-state index in [9.17, 15) is 23.1 Å². The van der Waals surface area contributed by atoms with Crippen LogP contribution in [0.1, 0.15) is 35.0 Å². The maximum Gasteiger partial charge on any atom is 0.290 e. The number of hydrogen-bond donors (Lipinski definition) is 2. The first-order valence-corrected chi connectivity index (χ1v) is 10.2. The van der Waals surface area contributed by atoms with Crippen molar-refractivity contribution in [2.75, 3.05) is 24.7 Å². The Balaban J connectivity index is 1.63. The lowest BCUT2D eigenvalue weighted by Crippen LogP contribution is -2.59. The van der Waals surface area contributed by atoms with Gasteiger partial charge in [0.15, 0.2) is 0 Å². The Bertz CT molecular complexity index is 1060. The summed E-state index contributed by atoms with van der Waals surface area (Å²) in [5.74, 6) is -3.15. The summed E-state index contributed by atoms with van der Waals surface area (Å²) in [6.45, 7) is 1.29. The van der Waals surface area contributed by atoms with Crippen LogP contribution in [-0.4, -0.2) is 59.0 Å². The van der Waals surface area contributed by atoms with E-state index in [1.807, 2.05) is 0 Å². The summed E-state index contributed by atoms with van der Waals surface area (Å²) >= 11 is 0. The van der Waals surface area contributed by atoms with Crippen LogP contribution >= 0.6 is 0 Å². The quantitative estimate of drug-likeness (QED) is 0.771. The van der Waals surface area contributed by atoms with Crippen LogP contribution in [0.4, 0.5) is 19.1 Å². The number of nitrogens with zero attached hydrogens (tertiary/aromatic N) is 3. The van der Waals surface area contributed by atoms with E-state index in [2.05, 4.69) is 15.3 Å². The molecule has 7 nitrogen and oxygen atoms in total. The molecule has 5 rings (SSSR count). The molecule has 1 saturated heterocycles. The Morgan fingerprint density at radius 3 is 2.87 bits per heavy atom. The van der Waals surface area contributed by atoms with Crippen molar-refractivity contribution in [2.24, 2.45) is 0 Å². The summed E-state index contributed by atoms with van der Waals surface area (Å²) < 4.78 is 48.0. The number of ether oxygens (including phenoxy) is 1. The van der Waals surface area contributed by atoms with Gasteiger partial charge in [-0.2, -0.15) is 8.78 Å². The number of aromatic nitrogens is 2. The predicted octanol–water partition coefficient (Wildman–Crippen LogP) is 2.21. The minimum Gasteiger partial charge on any atom is -0.485 e. The van der Waals surface area contributed by atoms with Crippen molar-refractivity contribution in [3.63, 3.8) is 0 Å². The van der Waals surface area contributed by atoms with Gasteiger partial charge < -0.3 is 20.1 Å². The first-order valence-electron chi connectivity index (χ1n) is 10.2. The zero-order valence-electron chi connectivity index (χ0n) is 16.7. The molecule has 2 aliphatic heterocycles. The summed E-state index contributed by atoms with van der Waals surface area (Å²) in [7, 11) is 0. The number of alkyl halides is 3. The molecule has 2 N–H and O–H groups in total. The number of hydrogen-bond acceptors (Lipinski definition) is 6. The average Bonchev–Trinajstić information content (AvgIpc) is 2.97. The van der Waals surface area contributed by atoms with Gasteiger partial charge in [0, 0.05) is 24.1 Å². The van der Waals surface area contributed by atoms with Gasteiger partial charge >= 0.3 is 0 Å². The van der Waals surface area contributed by atoms with Gasteiger partial charge in [-0.05, 0) is 25.5 Å². The Morgan fingerprint density at radius 2 is 2.16 bits per heavy atom. The van der Waals surface area contributed by atoms with E-state index in [0.29, 0.717) is 16.8 Å². The maximum atomic E-state index is 14.6. The van der Waals surface area contributed by atoms with Gasteiger partial charge in [-0.15, -0.1) is 0 Å². The molecular weight excluding hydrogens is 413 g/mol. The molecule has 1 unspecified atom stereocenters. The van der Waals surface area contributed by atoms with E-state index in [1.165, 1.54) is 6.07 Å². The Kier molecular flexibility index (Phi) is 4.58. The minimum atomic E-state index is -3.07. The SMILES string of the molecule is C[C@H]1[C@H](O)CN1c1nc(-c2ccc3c(c2)OC(CF)CNC3=O)c2c(n1)C(F)(F)CC2. The lowest BCUT2D eigenvalue weighted by atomic mass is 10.0. The molecule has 1 fully saturated rings. The van der Waals surface area contributed by atoms with Gasteiger partial charge in [0.2, 0.25) is 5.95 Å². The molecule has 1 aliphatic carbocycles. The highest BCUT2D eigenvalue weighted by Crippen LogP contribution is 2.45. The van der Waals surface area contributed by atoms with Gasteiger partial charge in [-0.25, -0.2) is 14.4 Å². The topological polar surface area (TPSA) is 87.6 Å². The zero-order valence-corrected chi connectivity index (χ0v) is 16.7. The summed E-state index contributed by atoms with van der Waals surface area (Å²) in [6.07, 6.45) is -1.65. The Hall–Kier alpha value is -2.88. The third-order valence-corrected chi connectivity index (χ3v) is 6.18. The summed E-state index contributed by atoms with van der Waals surface area (Å²) in [5.41, 5.74) is 1.10. The molecule has 31 heavy (non-hydrogen) atoms. The smallest absolute Gasteiger partial charge is 0.290 e. The van der Waals surface area contributed by atoms with E-state index in [0.717, 1.165) is 0 Å². The second-order valence-electron chi connectivity index (χ2n) is 8.18. The molecule has 0 spiro atoms. The van der Waals surface area contributed by atoms with Crippen LogP contribution in [0.15, 0.2) is 18.2 Å². The predicted molar refractivity (Wildman–Crippen MR) is 105 cm³/mol. The number of benzene rings is 1. The number of anilines is 1. The number of amides is 1. The highest BCUT2D eigenvalue weighted by atomic mass is 19.3. The molecule has 1 amide bonds. The number of carbonyl (C=O) groups is 1. The number of aliphatic hydroxyl groups excluding tert-OH is 1. The van der Waals surface area contributed by atoms with Gasteiger partial charge in [-0.1, -0.05) is 6.07 Å². The van der Waals surface area contributed by atoms with Gasteiger partial charge in [0.05, 0.1) is 29.9 Å². The van der Waals surface area contributed by atoms with Crippen LogP contribution in [0.25, 0.3) is 11.3 Å². The molecule has 1 aromatic carbocycles. The van der Waals surface area contributed by atoms with Gasteiger partial charge in [0.25, 0.3) is 11.8 Å². The molecule has 10 heteroatoms. The zero-order chi connectivity index (χ0) is 21.9. The van der Waals surface area contributed by atoms with Gasteiger partial charge in [-0.3, -0.25) is 4.79 Å². The number of aliphatic hydroxyl groups is 1. The van der Waals surface area contributed by atoms with E-state index in [-0.39, 0.29) is 60.8 Å². The molecular formula is C21H21F3N4O3. The molecule has 0 radical (unpaired) electrons. The third kappa shape index (κ3) is 3.20. The standard InChI is InChI=1S/C21H21F3N4O3/c1-10-15(29)9-28(10)20-26-17(14-4-5-21(23,24)18(14)27-20)11-2-3-13-16(6-11)31-12(7-22)8-25-19(13)30/h2-3,6,10,12,15,29H,4-5,7-9H2,1H3,(H,25,30)/t10-,12?,15+/m0/s1. The van der Waals surface area contributed by atoms with Gasteiger partial charge in [0.1, 0.15) is 24.2 Å². The van der Waals surface area contributed by atoms with Crippen LogP contribution in [0.3, 0.4) is 0 Å². The molecule has 0 saturated carbocycles. The monoisotopic (exact) mass is 434 g/mol. The van der Waals surface area contributed by atoms with Crippen LogP contribution < -0.4 is 15.0 Å². The third-order valence-electron chi connectivity index (χ3n) is 6.18. The van der Waals surface area contributed by atoms with E-state index in [1.54, 1.807) is 24.0 Å². The molecule has 0 bridgehead atoms. The number of carbonyl (C=O) groups excluding carboxylic acids is 1. The summed E-state index contributed by atoms with van der Waals surface area (Å²) in [4.78, 5) is 22.7. The second kappa shape index (κ2) is 7.08. The number of β-amino-alcohol motifs (C(OH)–C–C–N with tert-alkyl or cyclic N) is 1. The summed E-state index contributed by atoms with van der Waals surface area (Å²) in [5, 5.41) is 12.4. The van der Waals surface area contributed by atoms with Crippen LogP contribution in [0, 0.1) is 0 Å². The minimum absolute atomic E-state index is 0.0355. The molecule has 1 aromatic heterocycles. The number of nitrogens with one attached hydrogen (secondary N) is 1. The van der Waals surface area contributed by atoms with E-state index in [4.69, 9.17) is 4.74 Å².